The Balaban J connectivity index is 1.77. The summed E-state index contributed by atoms with van der Waals surface area (Å²) in [6.45, 7) is 7.04. The van der Waals surface area contributed by atoms with Crippen molar-refractivity contribution in [2.45, 2.75) is 58.9 Å². The van der Waals surface area contributed by atoms with Gasteiger partial charge in [0.2, 0.25) is 11.8 Å². The van der Waals surface area contributed by atoms with Gasteiger partial charge in [-0.3, -0.25) is 19.2 Å². The number of carbonyl (C=O) groups excluding carboxylic acids is 1. The molecule has 1 heterocycles. The lowest BCUT2D eigenvalue weighted by molar-refractivity contribution is -0.118. The summed E-state index contributed by atoms with van der Waals surface area (Å²) >= 11 is 12.4. The Hall–Kier alpha value is -2.76. The van der Waals surface area contributed by atoms with Crippen LogP contribution in [0.5, 0.6) is 0 Å². The Morgan fingerprint density at radius 2 is 1.76 bits per heavy atom. The largest absolute Gasteiger partial charge is 0.478 e. The smallest absolute Gasteiger partial charge is 0.406 e. The molecule has 14 heteroatoms. The molecule has 4 N–H and O–H groups in total. The van der Waals surface area contributed by atoms with Crippen LogP contribution in [0.15, 0.2) is 53.1 Å². The third kappa shape index (κ3) is 9.93. The van der Waals surface area contributed by atoms with Gasteiger partial charge in [-0.15, -0.1) is 0 Å². The molecule has 1 aromatic heterocycles. The minimum Gasteiger partial charge on any atom is -0.478 e. The van der Waals surface area contributed by atoms with E-state index in [2.05, 4.69) is 20.7 Å². The highest BCUT2D eigenvalue weighted by molar-refractivity contribution is 7.51. The number of hydrogen-bond acceptors (Lipinski definition) is 8. The first-order valence-electron chi connectivity index (χ1n) is 12.9. The molecule has 0 aliphatic rings. The monoisotopic (exact) mass is 626 g/mol. The lowest BCUT2D eigenvalue weighted by atomic mass is 10.1. The van der Waals surface area contributed by atoms with E-state index in [0.717, 1.165) is 0 Å². The van der Waals surface area contributed by atoms with Crippen LogP contribution in [0, 0.1) is 0 Å². The highest BCUT2D eigenvalue weighted by Gasteiger charge is 2.29. The van der Waals surface area contributed by atoms with Crippen molar-refractivity contribution in [1.29, 1.82) is 0 Å². The summed E-state index contributed by atoms with van der Waals surface area (Å²) in [4.78, 5) is 29.2. The zero-order valence-electron chi connectivity index (χ0n) is 23.0. The van der Waals surface area contributed by atoms with Crippen molar-refractivity contribution in [2.24, 2.45) is 0 Å². The van der Waals surface area contributed by atoms with E-state index < -0.39 is 25.7 Å². The Bertz CT molecular complexity index is 1390. The molecular weight excluding hydrogens is 594 g/mol. The number of amides is 1. The fraction of sp³-hybridized carbons (Fsp3) is 0.370. The minimum atomic E-state index is -3.66. The average Bonchev–Trinajstić information content (AvgIpc) is 3.35. The molecule has 0 aliphatic carbocycles. The van der Waals surface area contributed by atoms with Crippen molar-refractivity contribution in [3.63, 3.8) is 0 Å². The molecule has 41 heavy (non-hydrogen) atoms. The molecule has 3 aromatic rings. The van der Waals surface area contributed by atoms with E-state index in [9.17, 15) is 19.3 Å². The van der Waals surface area contributed by atoms with Crippen molar-refractivity contribution >= 4 is 48.5 Å². The summed E-state index contributed by atoms with van der Waals surface area (Å²) in [6, 6.07) is 10.1. The van der Waals surface area contributed by atoms with Crippen LogP contribution in [0.4, 0.5) is 5.69 Å². The first-order valence-corrected chi connectivity index (χ1v) is 15.2. The Kier molecular flexibility index (Phi) is 11.9. The maximum atomic E-state index is 13.3. The van der Waals surface area contributed by atoms with Crippen LogP contribution in [0.2, 0.25) is 10.0 Å². The van der Waals surface area contributed by atoms with Gasteiger partial charge in [0.1, 0.15) is 0 Å². The van der Waals surface area contributed by atoms with E-state index in [4.69, 9.17) is 36.7 Å². The summed E-state index contributed by atoms with van der Waals surface area (Å²) in [6.07, 6.45) is 0.881. The molecule has 0 saturated carbocycles. The quantitative estimate of drug-likeness (QED) is 0.140. The predicted molar refractivity (Wildman–Crippen MR) is 157 cm³/mol. The SMILES string of the molecule is CC(C)OP(=O)(NCCC(NCc1ncc(-c2cc(Cl)ccc2Cl)o1)C(=O)Nc1ccccc1C(=O)O)OC(C)C. The number of hydrogen-bond donors (Lipinski definition) is 4. The summed E-state index contributed by atoms with van der Waals surface area (Å²) in [5.41, 5.74) is 0.636. The molecule has 222 valence electrons. The molecule has 3 rings (SSSR count). The Labute approximate surface area is 248 Å². The minimum absolute atomic E-state index is 0.0412. The summed E-state index contributed by atoms with van der Waals surface area (Å²) in [5.74, 6) is -1.04. The normalized spacial score (nSPS) is 12.6. The first kappa shape index (κ1) is 32.8. The zero-order chi connectivity index (χ0) is 30.2. The number of nitrogens with zero attached hydrogens (tertiary/aromatic N) is 1. The van der Waals surface area contributed by atoms with Gasteiger partial charge < -0.3 is 14.8 Å². The lowest BCUT2D eigenvalue weighted by Gasteiger charge is -2.24. The third-order valence-electron chi connectivity index (χ3n) is 5.42. The topological polar surface area (TPSA) is 152 Å². The van der Waals surface area contributed by atoms with Crippen molar-refractivity contribution < 1.29 is 32.7 Å². The molecule has 0 spiro atoms. The van der Waals surface area contributed by atoms with Gasteiger partial charge in [-0.05, 0) is 64.4 Å². The fourth-order valence-corrected chi connectivity index (χ4v) is 5.83. The number of oxazole rings is 1. The number of para-hydroxylation sites is 1. The molecule has 0 fully saturated rings. The number of nitrogens with one attached hydrogen (secondary N) is 3. The molecule has 2 aromatic carbocycles. The molecule has 11 nitrogen and oxygen atoms in total. The number of aromatic carboxylic acids is 1. The van der Waals surface area contributed by atoms with Gasteiger partial charge in [0.25, 0.3) is 0 Å². The van der Waals surface area contributed by atoms with Crippen molar-refractivity contribution in [3.8, 4) is 11.3 Å². The van der Waals surface area contributed by atoms with E-state index in [-0.39, 0.29) is 48.9 Å². The van der Waals surface area contributed by atoms with E-state index in [1.807, 2.05) is 0 Å². The Morgan fingerprint density at radius 3 is 2.41 bits per heavy atom. The predicted octanol–water partition coefficient (Wildman–Crippen LogP) is 6.38. The van der Waals surface area contributed by atoms with Crippen LogP contribution in [0.1, 0.15) is 50.4 Å². The second-order valence-electron chi connectivity index (χ2n) is 9.52. The van der Waals surface area contributed by atoms with Gasteiger partial charge in [-0.1, -0.05) is 35.3 Å². The van der Waals surface area contributed by atoms with E-state index >= 15 is 0 Å². The van der Waals surface area contributed by atoms with E-state index in [1.165, 1.54) is 18.3 Å². The molecule has 1 unspecified atom stereocenters. The first-order chi connectivity index (χ1) is 19.4. The molecule has 0 radical (unpaired) electrons. The highest BCUT2D eigenvalue weighted by Crippen LogP contribution is 2.46. The molecule has 1 atom stereocenters. The molecular formula is C27H33Cl2N4O7P. The fourth-order valence-electron chi connectivity index (χ4n) is 3.74. The zero-order valence-corrected chi connectivity index (χ0v) is 25.4. The van der Waals surface area contributed by atoms with Crippen LogP contribution in [-0.4, -0.2) is 46.8 Å². The van der Waals surface area contributed by atoms with E-state index in [1.54, 1.807) is 58.0 Å². The van der Waals surface area contributed by atoms with Crippen LogP contribution in [0.25, 0.3) is 11.3 Å². The van der Waals surface area contributed by atoms with Gasteiger partial charge >= 0.3 is 13.7 Å². The van der Waals surface area contributed by atoms with Gasteiger partial charge in [-0.25, -0.2) is 19.4 Å². The average molecular weight is 627 g/mol. The number of carboxylic acid groups (broad SMARTS) is 1. The summed E-state index contributed by atoms with van der Waals surface area (Å²) in [7, 11) is -3.66. The van der Waals surface area contributed by atoms with Crippen LogP contribution in [-0.2, 0) is 25.0 Å². The number of carboxylic acids is 1. The summed E-state index contributed by atoms with van der Waals surface area (Å²) < 4.78 is 30.0. The molecule has 1 amide bonds. The van der Waals surface area contributed by atoms with Crippen LogP contribution in [0.3, 0.4) is 0 Å². The standard InChI is InChI=1S/C27H33Cl2N4O7P/c1-16(2)39-41(37,40-17(3)4)32-12-11-23(26(34)33-22-8-6-5-7-19(22)27(35)36)30-15-25-31-14-24(38-25)20-13-18(28)9-10-21(20)29/h5-10,13-14,16-17,23,30H,11-12,15H2,1-4H3,(H,32,37)(H,33,34)(H,35,36). The maximum Gasteiger partial charge on any atom is 0.406 e. The van der Waals surface area contributed by atoms with Crippen molar-refractivity contribution in [1.82, 2.24) is 15.4 Å². The maximum absolute atomic E-state index is 13.3. The Morgan fingerprint density at radius 1 is 1.07 bits per heavy atom. The molecule has 0 bridgehead atoms. The second kappa shape index (κ2) is 14.9. The van der Waals surface area contributed by atoms with Gasteiger partial charge in [0.15, 0.2) is 5.76 Å². The molecule has 0 aliphatic heterocycles. The number of anilines is 1. The third-order valence-corrected chi connectivity index (χ3v) is 7.99. The number of benzene rings is 2. The highest BCUT2D eigenvalue weighted by atomic mass is 35.5. The van der Waals surface area contributed by atoms with Crippen molar-refractivity contribution in [2.75, 3.05) is 11.9 Å². The number of rotatable bonds is 15. The number of aromatic nitrogens is 1. The van der Waals surface area contributed by atoms with Crippen LogP contribution >= 0.6 is 30.9 Å². The number of carbonyl (C=O) groups is 2. The van der Waals surface area contributed by atoms with Gasteiger partial charge in [-0.2, -0.15) is 0 Å². The summed E-state index contributed by atoms with van der Waals surface area (Å²) in [5, 5.41) is 19.0. The van der Waals surface area contributed by atoms with Crippen LogP contribution < -0.4 is 15.7 Å². The van der Waals surface area contributed by atoms with Gasteiger partial charge in [0.05, 0.1) is 47.3 Å². The van der Waals surface area contributed by atoms with Gasteiger partial charge in [0, 0.05) is 17.1 Å². The number of halogens is 2. The van der Waals surface area contributed by atoms with E-state index in [0.29, 0.717) is 21.4 Å². The second-order valence-corrected chi connectivity index (χ2v) is 12.1. The van der Waals surface area contributed by atoms with Crippen molar-refractivity contribution in [3.05, 3.63) is 70.2 Å². The lowest BCUT2D eigenvalue weighted by Crippen LogP contribution is -2.42. The molecule has 0 saturated heterocycles.